The molecule has 7 nitrogen and oxygen atoms in total. The molecular weight excluding hydrogens is 468 g/mol. The molecule has 0 unspecified atom stereocenters. The first kappa shape index (κ1) is 24.4. The Morgan fingerprint density at radius 3 is 2.31 bits per heavy atom. The van der Waals surface area contributed by atoms with Crippen LogP contribution in [-0.2, 0) is 16.1 Å². The van der Waals surface area contributed by atoms with Crippen molar-refractivity contribution in [1.29, 1.82) is 0 Å². The van der Waals surface area contributed by atoms with Crippen LogP contribution in [0.1, 0.15) is 15.9 Å². The van der Waals surface area contributed by atoms with Gasteiger partial charge in [-0.05, 0) is 36.4 Å². The number of ether oxygens (including phenoxy) is 3. The van der Waals surface area contributed by atoms with Gasteiger partial charge in [-0.15, -0.1) is 0 Å². The van der Waals surface area contributed by atoms with Crippen molar-refractivity contribution in [3.63, 3.8) is 0 Å². The van der Waals surface area contributed by atoms with Gasteiger partial charge in [0.1, 0.15) is 6.61 Å². The highest BCUT2D eigenvalue weighted by atomic mass is 35.5. The van der Waals surface area contributed by atoms with Crippen LogP contribution in [0.25, 0.3) is 0 Å². The predicted octanol–water partition coefficient (Wildman–Crippen LogP) is 4.43. The molecular formula is C27H27ClN2O5. The maximum absolute atomic E-state index is 12.6. The number of halogens is 1. The molecule has 3 aromatic rings. The monoisotopic (exact) mass is 494 g/mol. The average Bonchev–Trinajstić information content (AvgIpc) is 2.91. The Morgan fingerprint density at radius 1 is 0.886 bits per heavy atom. The Bertz CT molecular complexity index is 1160. The summed E-state index contributed by atoms with van der Waals surface area (Å²) in [6.45, 7) is 2.57. The fourth-order valence-corrected chi connectivity index (χ4v) is 4.03. The summed E-state index contributed by atoms with van der Waals surface area (Å²) < 4.78 is 16.5. The van der Waals surface area contributed by atoms with E-state index in [1.165, 1.54) is 13.2 Å². The number of anilines is 1. The minimum Gasteiger partial charge on any atom is -0.493 e. The lowest BCUT2D eigenvalue weighted by atomic mass is 10.2. The van der Waals surface area contributed by atoms with Crippen LogP contribution < -0.4 is 14.4 Å². The zero-order chi connectivity index (χ0) is 24.6. The minimum atomic E-state index is -0.600. The van der Waals surface area contributed by atoms with Gasteiger partial charge in [0.15, 0.2) is 18.1 Å². The fourth-order valence-electron chi connectivity index (χ4n) is 3.84. The van der Waals surface area contributed by atoms with Crippen molar-refractivity contribution in [3.8, 4) is 11.5 Å². The number of esters is 1. The number of rotatable bonds is 8. The van der Waals surface area contributed by atoms with Crippen molar-refractivity contribution in [1.82, 2.24) is 4.90 Å². The van der Waals surface area contributed by atoms with E-state index >= 15 is 0 Å². The molecule has 1 saturated heterocycles. The summed E-state index contributed by atoms with van der Waals surface area (Å²) in [5, 5.41) is 0.609. The van der Waals surface area contributed by atoms with Crippen LogP contribution in [0, 0.1) is 0 Å². The number of carbonyl (C=O) groups is 2. The molecule has 0 bridgehead atoms. The fraction of sp³-hybridized carbons (Fsp3) is 0.259. The van der Waals surface area contributed by atoms with Gasteiger partial charge in [0.2, 0.25) is 0 Å². The molecule has 3 aromatic carbocycles. The standard InChI is InChI=1S/C27H27ClN2O5/c1-33-25-17-20(11-12-24(25)34-18-21-7-5-6-10-23(21)28)27(32)35-19-26(31)30-15-13-29(14-16-30)22-8-3-2-4-9-22/h2-12,17H,13-16,18-19H2,1H3. The maximum atomic E-state index is 12.6. The smallest absolute Gasteiger partial charge is 0.338 e. The van der Waals surface area contributed by atoms with E-state index in [4.69, 9.17) is 25.8 Å². The summed E-state index contributed by atoms with van der Waals surface area (Å²) in [6.07, 6.45) is 0. The van der Waals surface area contributed by atoms with Crippen LogP contribution in [0.4, 0.5) is 5.69 Å². The van der Waals surface area contributed by atoms with E-state index in [2.05, 4.69) is 17.0 Å². The normalized spacial score (nSPS) is 13.3. The Balaban J connectivity index is 1.28. The van der Waals surface area contributed by atoms with Gasteiger partial charge in [0.05, 0.1) is 12.7 Å². The number of methoxy groups -OCH3 is 1. The molecule has 0 aliphatic carbocycles. The van der Waals surface area contributed by atoms with Crippen LogP contribution in [0.15, 0.2) is 72.8 Å². The molecule has 0 N–H and O–H groups in total. The summed E-state index contributed by atoms with van der Waals surface area (Å²) in [6, 6.07) is 22.2. The lowest BCUT2D eigenvalue weighted by Crippen LogP contribution is -2.49. The quantitative estimate of drug-likeness (QED) is 0.431. The number of nitrogens with zero attached hydrogens (tertiary/aromatic N) is 2. The van der Waals surface area contributed by atoms with Crippen molar-refractivity contribution in [2.75, 3.05) is 44.8 Å². The van der Waals surface area contributed by atoms with Crippen LogP contribution in [0.3, 0.4) is 0 Å². The number of hydrogen-bond donors (Lipinski definition) is 0. The largest absolute Gasteiger partial charge is 0.493 e. The van der Waals surface area contributed by atoms with Gasteiger partial charge in [-0.1, -0.05) is 48.0 Å². The molecule has 0 aromatic heterocycles. The number of benzene rings is 3. The third kappa shape index (κ3) is 6.25. The number of piperazine rings is 1. The van der Waals surface area contributed by atoms with Gasteiger partial charge < -0.3 is 24.0 Å². The molecule has 1 aliphatic rings. The third-order valence-corrected chi connectivity index (χ3v) is 6.19. The maximum Gasteiger partial charge on any atom is 0.338 e. The Labute approximate surface area is 209 Å². The van der Waals surface area contributed by atoms with E-state index in [0.29, 0.717) is 29.6 Å². The minimum absolute atomic E-state index is 0.210. The molecule has 8 heteroatoms. The Hall–Kier alpha value is -3.71. The summed E-state index contributed by atoms with van der Waals surface area (Å²) in [4.78, 5) is 29.1. The van der Waals surface area contributed by atoms with Crippen molar-refractivity contribution in [2.24, 2.45) is 0 Å². The van der Waals surface area contributed by atoms with E-state index in [1.807, 2.05) is 36.4 Å². The van der Waals surface area contributed by atoms with Gasteiger partial charge in [-0.3, -0.25) is 4.79 Å². The lowest BCUT2D eigenvalue weighted by molar-refractivity contribution is -0.134. The van der Waals surface area contributed by atoms with E-state index in [0.717, 1.165) is 24.3 Å². The van der Waals surface area contributed by atoms with Gasteiger partial charge in [-0.2, -0.15) is 0 Å². The van der Waals surface area contributed by atoms with Crippen molar-refractivity contribution in [2.45, 2.75) is 6.61 Å². The van der Waals surface area contributed by atoms with Crippen molar-refractivity contribution in [3.05, 3.63) is 88.9 Å². The molecule has 1 aliphatic heterocycles. The van der Waals surface area contributed by atoms with E-state index in [9.17, 15) is 9.59 Å². The first-order valence-electron chi connectivity index (χ1n) is 11.3. The topological polar surface area (TPSA) is 68.3 Å². The molecule has 1 heterocycles. The highest BCUT2D eigenvalue weighted by Gasteiger charge is 2.22. The van der Waals surface area contributed by atoms with Crippen molar-refractivity contribution < 1.29 is 23.8 Å². The summed E-state index contributed by atoms with van der Waals surface area (Å²) in [5.74, 6) is 0.0427. The zero-order valence-corrected chi connectivity index (χ0v) is 20.2. The van der Waals surface area contributed by atoms with Gasteiger partial charge in [0, 0.05) is 42.5 Å². The summed E-state index contributed by atoms with van der Waals surface area (Å²) >= 11 is 6.18. The molecule has 0 saturated carbocycles. The van der Waals surface area contributed by atoms with Crippen LogP contribution in [0.2, 0.25) is 5.02 Å². The van der Waals surface area contributed by atoms with Gasteiger partial charge in [0.25, 0.3) is 5.91 Å². The van der Waals surface area contributed by atoms with Crippen molar-refractivity contribution >= 4 is 29.2 Å². The zero-order valence-electron chi connectivity index (χ0n) is 19.5. The molecule has 1 fully saturated rings. The highest BCUT2D eigenvalue weighted by Crippen LogP contribution is 2.30. The third-order valence-electron chi connectivity index (χ3n) is 5.82. The first-order chi connectivity index (χ1) is 17.0. The SMILES string of the molecule is COc1cc(C(=O)OCC(=O)N2CCN(c3ccccc3)CC2)ccc1OCc1ccccc1Cl. The second-order valence-electron chi connectivity index (χ2n) is 8.03. The Kier molecular flexibility index (Phi) is 8.11. The second kappa shape index (κ2) is 11.6. The van der Waals surface area contributed by atoms with E-state index in [1.54, 1.807) is 23.1 Å². The highest BCUT2D eigenvalue weighted by molar-refractivity contribution is 6.31. The van der Waals surface area contributed by atoms with E-state index < -0.39 is 5.97 Å². The van der Waals surface area contributed by atoms with E-state index in [-0.39, 0.29) is 24.7 Å². The first-order valence-corrected chi connectivity index (χ1v) is 11.7. The molecule has 4 rings (SSSR count). The molecule has 35 heavy (non-hydrogen) atoms. The average molecular weight is 495 g/mol. The predicted molar refractivity (Wildman–Crippen MR) is 134 cm³/mol. The lowest BCUT2D eigenvalue weighted by Gasteiger charge is -2.36. The second-order valence-corrected chi connectivity index (χ2v) is 8.43. The van der Waals surface area contributed by atoms with Gasteiger partial charge >= 0.3 is 5.97 Å². The molecule has 1 amide bonds. The summed E-state index contributed by atoms with van der Waals surface area (Å²) in [5.41, 5.74) is 2.25. The molecule has 182 valence electrons. The molecule has 0 spiro atoms. The number of hydrogen-bond acceptors (Lipinski definition) is 6. The number of carbonyl (C=O) groups excluding carboxylic acids is 2. The van der Waals surface area contributed by atoms with Crippen LogP contribution in [0.5, 0.6) is 11.5 Å². The summed E-state index contributed by atoms with van der Waals surface area (Å²) in [7, 11) is 1.49. The van der Waals surface area contributed by atoms with Crippen LogP contribution in [-0.4, -0.2) is 56.7 Å². The van der Waals surface area contributed by atoms with Gasteiger partial charge in [-0.25, -0.2) is 4.79 Å². The molecule has 0 radical (unpaired) electrons. The van der Waals surface area contributed by atoms with Crippen LogP contribution >= 0.6 is 11.6 Å². The Morgan fingerprint density at radius 2 is 1.60 bits per heavy atom. The number of para-hydroxylation sites is 1. The molecule has 0 atom stereocenters. The number of amides is 1.